The molecule has 5 nitrogen and oxygen atoms in total. The van der Waals surface area contributed by atoms with Crippen molar-refractivity contribution in [3.05, 3.63) is 12.7 Å². The normalized spacial score (nSPS) is 14.1. The molecule has 0 heterocycles. The maximum Gasteiger partial charge on any atom is 0.411 e. The van der Waals surface area contributed by atoms with E-state index in [2.05, 4.69) is 40.4 Å². The molecule has 0 rings (SSSR count). The highest BCUT2D eigenvalue weighted by atomic mass is 28.4. The molecule has 6 heteroatoms. The van der Waals surface area contributed by atoms with E-state index in [0.717, 1.165) is 0 Å². The topological polar surface area (TPSA) is 55.8 Å². The van der Waals surface area contributed by atoms with Gasteiger partial charge in [-0.15, -0.1) is 6.58 Å². The van der Waals surface area contributed by atoms with Crippen LogP contribution in [0.5, 0.6) is 0 Å². The van der Waals surface area contributed by atoms with E-state index in [9.17, 15) is 9.59 Å². The van der Waals surface area contributed by atoms with Gasteiger partial charge in [0.05, 0.1) is 19.2 Å². The molecule has 1 amide bonds. The van der Waals surface area contributed by atoms with Crippen LogP contribution in [0.4, 0.5) is 4.79 Å². The molecule has 0 aromatic carbocycles. The Bertz CT molecular complexity index is 421. The fourth-order valence-electron chi connectivity index (χ4n) is 1.54. The number of hydrogen-bond donors (Lipinski definition) is 0. The van der Waals surface area contributed by atoms with Crippen molar-refractivity contribution in [2.75, 3.05) is 13.2 Å². The molecule has 0 bridgehead atoms. The van der Waals surface area contributed by atoms with Crippen molar-refractivity contribution in [1.29, 1.82) is 0 Å². The lowest BCUT2D eigenvalue weighted by Gasteiger charge is -2.38. The number of carbonyl (C=O) groups excluding carboxylic acids is 2. The molecule has 0 aliphatic carbocycles. The van der Waals surface area contributed by atoms with E-state index in [1.54, 1.807) is 26.8 Å². The second-order valence-electron chi connectivity index (χ2n) is 8.17. The zero-order chi connectivity index (χ0) is 18.5. The largest absolute Gasteiger partial charge is 0.444 e. The Balaban J connectivity index is 5.09. The third kappa shape index (κ3) is 7.31. The number of carbonyl (C=O) groups is 2. The second kappa shape index (κ2) is 8.10. The lowest BCUT2D eigenvalue weighted by molar-refractivity contribution is -0.109. The molecule has 1 unspecified atom stereocenters. The molecule has 1 atom stereocenters. The van der Waals surface area contributed by atoms with Crippen LogP contribution >= 0.6 is 0 Å². The van der Waals surface area contributed by atoms with Crippen LogP contribution in [-0.4, -0.2) is 50.4 Å². The Labute approximate surface area is 142 Å². The maximum atomic E-state index is 12.3. The quantitative estimate of drug-likeness (QED) is 0.398. The van der Waals surface area contributed by atoms with Crippen LogP contribution < -0.4 is 0 Å². The Morgan fingerprint density at radius 1 is 1.22 bits per heavy atom. The summed E-state index contributed by atoms with van der Waals surface area (Å²) in [6, 6.07) is -0.399. The molecule has 0 fully saturated rings. The van der Waals surface area contributed by atoms with Gasteiger partial charge in [0.1, 0.15) is 11.9 Å². The highest BCUT2D eigenvalue weighted by Crippen LogP contribution is 2.36. The lowest BCUT2D eigenvalue weighted by Crippen LogP contribution is -2.49. The highest BCUT2D eigenvalue weighted by Gasteiger charge is 2.38. The van der Waals surface area contributed by atoms with Gasteiger partial charge in [0.2, 0.25) is 0 Å². The summed E-state index contributed by atoms with van der Waals surface area (Å²) in [6.07, 6.45) is 1.78. The third-order valence-corrected chi connectivity index (χ3v) is 8.49. The monoisotopic (exact) mass is 343 g/mol. The summed E-state index contributed by atoms with van der Waals surface area (Å²) in [6.45, 7) is 20.2. The van der Waals surface area contributed by atoms with Crippen LogP contribution in [0.1, 0.15) is 41.5 Å². The molecule has 0 aliphatic rings. The van der Waals surface area contributed by atoms with Crippen molar-refractivity contribution in [2.45, 2.75) is 71.3 Å². The van der Waals surface area contributed by atoms with Crippen molar-refractivity contribution in [2.24, 2.45) is 0 Å². The minimum absolute atomic E-state index is 0.0491. The SMILES string of the molecule is C=CC(CO[Si](C)(C)C(C)(C)C)N(CC=O)C(=O)OC(C)(C)C. The van der Waals surface area contributed by atoms with Gasteiger partial charge in [-0.3, -0.25) is 4.90 Å². The van der Waals surface area contributed by atoms with Gasteiger partial charge >= 0.3 is 6.09 Å². The molecule has 0 aromatic rings. The van der Waals surface area contributed by atoms with Crippen LogP contribution in [0.15, 0.2) is 12.7 Å². The average molecular weight is 344 g/mol. The number of rotatable bonds is 7. The van der Waals surface area contributed by atoms with Gasteiger partial charge in [0, 0.05) is 0 Å². The van der Waals surface area contributed by atoms with Crippen LogP contribution in [0.3, 0.4) is 0 Å². The molecule has 0 aliphatic heterocycles. The summed E-state index contributed by atoms with van der Waals surface area (Å²) in [5.74, 6) is 0. The van der Waals surface area contributed by atoms with Crippen molar-refractivity contribution in [1.82, 2.24) is 4.90 Å². The molecular weight excluding hydrogens is 310 g/mol. The van der Waals surface area contributed by atoms with Crippen LogP contribution in [-0.2, 0) is 14.0 Å². The van der Waals surface area contributed by atoms with Gasteiger partial charge in [-0.1, -0.05) is 26.8 Å². The number of nitrogens with zero attached hydrogens (tertiary/aromatic N) is 1. The first kappa shape index (κ1) is 21.9. The highest BCUT2D eigenvalue weighted by molar-refractivity contribution is 6.74. The third-order valence-electron chi connectivity index (χ3n) is 3.99. The molecule has 23 heavy (non-hydrogen) atoms. The van der Waals surface area contributed by atoms with Crippen molar-refractivity contribution < 1.29 is 18.8 Å². The average Bonchev–Trinajstić information content (AvgIpc) is 2.34. The molecule has 0 N–H and O–H groups in total. The van der Waals surface area contributed by atoms with Gasteiger partial charge in [0.15, 0.2) is 8.32 Å². The Morgan fingerprint density at radius 3 is 2.09 bits per heavy atom. The molecule has 134 valence electrons. The van der Waals surface area contributed by atoms with E-state index >= 15 is 0 Å². The summed E-state index contributed by atoms with van der Waals surface area (Å²) in [5.41, 5.74) is -0.621. The molecule has 0 aromatic heterocycles. The van der Waals surface area contributed by atoms with Crippen molar-refractivity contribution in [3.8, 4) is 0 Å². The van der Waals surface area contributed by atoms with Gasteiger partial charge < -0.3 is 14.0 Å². The first-order valence-electron chi connectivity index (χ1n) is 7.95. The van der Waals surface area contributed by atoms with E-state index < -0.39 is 26.1 Å². The van der Waals surface area contributed by atoms with Crippen molar-refractivity contribution >= 4 is 20.7 Å². The maximum absolute atomic E-state index is 12.3. The van der Waals surface area contributed by atoms with Gasteiger partial charge in [0.25, 0.3) is 0 Å². The Hall–Kier alpha value is -1.14. The summed E-state index contributed by atoms with van der Waals surface area (Å²) in [4.78, 5) is 24.6. The van der Waals surface area contributed by atoms with E-state index in [1.807, 2.05) is 0 Å². The first-order valence-corrected chi connectivity index (χ1v) is 10.9. The summed E-state index contributed by atoms with van der Waals surface area (Å²) >= 11 is 0. The van der Waals surface area contributed by atoms with Crippen LogP contribution in [0, 0.1) is 0 Å². The van der Waals surface area contributed by atoms with E-state index in [-0.39, 0.29) is 11.6 Å². The molecule has 0 saturated heterocycles. The predicted molar refractivity (Wildman–Crippen MR) is 96.1 cm³/mol. The Morgan fingerprint density at radius 2 is 1.74 bits per heavy atom. The minimum Gasteiger partial charge on any atom is -0.444 e. The van der Waals surface area contributed by atoms with Crippen LogP contribution in [0.25, 0.3) is 0 Å². The Kier molecular flexibility index (Phi) is 7.70. The summed E-state index contributed by atoms with van der Waals surface area (Å²) in [5, 5.41) is 0.0696. The predicted octanol–water partition coefficient (Wildman–Crippen LogP) is 4.00. The van der Waals surface area contributed by atoms with Crippen LogP contribution in [0.2, 0.25) is 18.1 Å². The molecule has 0 spiro atoms. The fraction of sp³-hybridized carbons (Fsp3) is 0.765. The van der Waals surface area contributed by atoms with E-state index in [4.69, 9.17) is 9.16 Å². The van der Waals surface area contributed by atoms with Gasteiger partial charge in [-0.25, -0.2) is 4.79 Å². The van der Waals surface area contributed by atoms with Gasteiger partial charge in [-0.05, 0) is 38.9 Å². The molecule has 0 saturated carbocycles. The number of hydrogen-bond acceptors (Lipinski definition) is 4. The second-order valence-corrected chi connectivity index (χ2v) is 13.0. The number of amides is 1. The molecule has 0 radical (unpaired) electrons. The first-order chi connectivity index (χ1) is 10.2. The summed E-state index contributed by atoms with van der Waals surface area (Å²) < 4.78 is 11.5. The standard InChI is InChI=1S/C17H33NO4Si/c1-10-14(13-21-23(8,9)17(5,6)7)18(11-12-19)15(20)22-16(2,3)4/h10,12,14H,1,11,13H2,2-9H3. The van der Waals surface area contributed by atoms with E-state index in [1.165, 1.54) is 4.90 Å². The number of ether oxygens (including phenoxy) is 1. The fourth-order valence-corrected chi connectivity index (χ4v) is 2.56. The smallest absolute Gasteiger partial charge is 0.411 e. The number of aldehydes is 1. The van der Waals surface area contributed by atoms with Crippen molar-refractivity contribution in [3.63, 3.8) is 0 Å². The zero-order valence-electron chi connectivity index (χ0n) is 15.9. The zero-order valence-corrected chi connectivity index (χ0v) is 16.9. The summed E-state index contributed by atoms with van der Waals surface area (Å²) in [7, 11) is -1.95. The lowest BCUT2D eigenvalue weighted by atomic mass is 10.2. The van der Waals surface area contributed by atoms with E-state index in [0.29, 0.717) is 12.9 Å². The minimum atomic E-state index is -1.95. The van der Waals surface area contributed by atoms with Gasteiger partial charge in [-0.2, -0.15) is 0 Å². The molecular formula is C17H33NO4Si.